The summed E-state index contributed by atoms with van der Waals surface area (Å²) in [4.78, 5) is 32.0. The minimum atomic E-state index is -0.631. The Labute approximate surface area is 182 Å². The van der Waals surface area contributed by atoms with E-state index in [0.29, 0.717) is 5.56 Å². The van der Waals surface area contributed by atoms with Crippen LogP contribution in [0.3, 0.4) is 0 Å². The van der Waals surface area contributed by atoms with E-state index in [-0.39, 0.29) is 23.3 Å². The molecule has 1 unspecified atom stereocenters. The summed E-state index contributed by atoms with van der Waals surface area (Å²) in [6.45, 7) is 4.08. The Hall–Kier alpha value is -3.15. The maximum Gasteiger partial charge on any atom is 0.295 e. The van der Waals surface area contributed by atoms with Crippen molar-refractivity contribution in [3.63, 3.8) is 0 Å². The number of pyridine rings is 1. The fourth-order valence-corrected chi connectivity index (χ4v) is 4.77. The number of hydrogen-bond donors (Lipinski definition) is 1. The van der Waals surface area contributed by atoms with Crippen molar-refractivity contribution in [2.75, 3.05) is 7.11 Å². The summed E-state index contributed by atoms with van der Waals surface area (Å²) in [5.41, 5.74) is 2.35. The number of aromatic nitrogens is 1. The molecule has 6 nitrogen and oxygen atoms in total. The standard InChI is InChI=1S/C25H28N2O4/c1-15(2)19-14-17(8-9-20(19)31-3)23(28)21-22(16-10-12-26-13-11-16)27(25(30)24(21)29)18-6-4-5-7-18/h8-15,18,22,28H,4-7H2,1-3H3/b23-21-. The van der Waals surface area contributed by atoms with Crippen LogP contribution in [0.25, 0.3) is 5.76 Å². The molecule has 1 aromatic heterocycles. The molecule has 1 N–H and O–H groups in total. The number of carbonyl (C=O) groups is 2. The zero-order chi connectivity index (χ0) is 22.1. The van der Waals surface area contributed by atoms with Crippen LogP contribution >= 0.6 is 0 Å². The molecule has 2 aliphatic rings. The Morgan fingerprint density at radius 1 is 1.13 bits per heavy atom. The smallest absolute Gasteiger partial charge is 0.295 e. The van der Waals surface area contributed by atoms with Crippen LogP contribution in [-0.4, -0.2) is 39.8 Å². The predicted octanol–water partition coefficient (Wildman–Crippen LogP) is 4.58. The van der Waals surface area contributed by atoms with Crippen LogP contribution in [0.4, 0.5) is 0 Å². The summed E-state index contributed by atoms with van der Waals surface area (Å²) < 4.78 is 5.45. The zero-order valence-electron chi connectivity index (χ0n) is 18.2. The van der Waals surface area contributed by atoms with E-state index in [1.165, 1.54) is 0 Å². The van der Waals surface area contributed by atoms with Gasteiger partial charge in [-0.25, -0.2) is 0 Å². The highest BCUT2D eigenvalue weighted by molar-refractivity contribution is 6.46. The molecule has 1 aliphatic carbocycles. The van der Waals surface area contributed by atoms with Crippen LogP contribution in [0.5, 0.6) is 5.75 Å². The average Bonchev–Trinajstić information content (AvgIpc) is 3.40. The second-order valence-corrected chi connectivity index (χ2v) is 8.54. The Morgan fingerprint density at radius 2 is 1.81 bits per heavy atom. The van der Waals surface area contributed by atoms with Gasteiger partial charge in [0.25, 0.3) is 11.7 Å². The van der Waals surface area contributed by atoms with Gasteiger partial charge in [0.1, 0.15) is 11.5 Å². The van der Waals surface area contributed by atoms with Crippen molar-refractivity contribution in [1.29, 1.82) is 0 Å². The summed E-state index contributed by atoms with van der Waals surface area (Å²) in [5, 5.41) is 11.3. The maximum atomic E-state index is 13.2. The quantitative estimate of drug-likeness (QED) is 0.435. The summed E-state index contributed by atoms with van der Waals surface area (Å²) in [6, 6.07) is 8.35. The van der Waals surface area contributed by atoms with E-state index < -0.39 is 17.7 Å². The topological polar surface area (TPSA) is 79.7 Å². The highest BCUT2D eigenvalue weighted by atomic mass is 16.5. The molecular weight excluding hydrogens is 392 g/mol. The van der Waals surface area contributed by atoms with Crippen molar-refractivity contribution in [3.8, 4) is 5.75 Å². The molecule has 1 saturated heterocycles. The third-order valence-electron chi connectivity index (χ3n) is 6.35. The first-order chi connectivity index (χ1) is 14.9. The number of Topliss-reactive ketones (excluding diaryl/α,β-unsaturated/α-hetero) is 1. The van der Waals surface area contributed by atoms with Crippen molar-refractivity contribution >= 4 is 17.4 Å². The monoisotopic (exact) mass is 420 g/mol. The molecule has 162 valence electrons. The molecule has 1 saturated carbocycles. The zero-order valence-corrected chi connectivity index (χ0v) is 18.2. The number of hydrogen-bond acceptors (Lipinski definition) is 5. The van der Waals surface area contributed by atoms with Gasteiger partial charge in [0, 0.05) is 24.0 Å². The van der Waals surface area contributed by atoms with E-state index in [1.54, 1.807) is 48.7 Å². The van der Waals surface area contributed by atoms with Crippen LogP contribution in [0, 0.1) is 0 Å². The Kier molecular flexibility index (Phi) is 5.81. The van der Waals surface area contributed by atoms with E-state index in [2.05, 4.69) is 4.98 Å². The van der Waals surface area contributed by atoms with E-state index in [1.807, 2.05) is 19.9 Å². The largest absolute Gasteiger partial charge is 0.507 e. The van der Waals surface area contributed by atoms with Crippen LogP contribution in [0.1, 0.15) is 68.2 Å². The SMILES string of the molecule is COc1ccc(/C(O)=C2/C(=O)C(=O)N(C3CCCC3)C2c2ccncc2)cc1C(C)C. The number of benzene rings is 1. The molecule has 31 heavy (non-hydrogen) atoms. The fourth-order valence-electron chi connectivity index (χ4n) is 4.77. The van der Waals surface area contributed by atoms with Crippen LogP contribution in [0.2, 0.25) is 0 Å². The van der Waals surface area contributed by atoms with Gasteiger partial charge >= 0.3 is 0 Å². The van der Waals surface area contributed by atoms with Gasteiger partial charge in [-0.3, -0.25) is 14.6 Å². The molecular formula is C25H28N2O4. The normalized spacial score (nSPS) is 21.3. The second-order valence-electron chi connectivity index (χ2n) is 8.54. The summed E-state index contributed by atoms with van der Waals surface area (Å²) >= 11 is 0. The minimum Gasteiger partial charge on any atom is -0.507 e. The average molecular weight is 421 g/mol. The van der Waals surface area contributed by atoms with Gasteiger partial charge in [-0.2, -0.15) is 0 Å². The Balaban J connectivity index is 1.88. The number of aliphatic hydroxyl groups excluding tert-OH is 1. The number of rotatable bonds is 5. The van der Waals surface area contributed by atoms with E-state index in [4.69, 9.17) is 4.74 Å². The van der Waals surface area contributed by atoms with Crippen LogP contribution < -0.4 is 4.74 Å². The lowest BCUT2D eigenvalue weighted by atomic mass is 9.93. The number of carbonyl (C=O) groups excluding carboxylic acids is 2. The molecule has 1 aliphatic heterocycles. The van der Waals surface area contributed by atoms with E-state index in [9.17, 15) is 14.7 Å². The molecule has 0 radical (unpaired) electrons. The number of nitrogens with zero attached hydrogens (tertiary/aromatic N) is 2. The van der Waals surface area contributed by atoms with E-state index in [0.717, 1.165) is 42.6 Å². The molecule has 2 fully saturated rings. The Morgan fingerprint density at radius 3 is 2.42 bits per heavy atom. The van der Waals surface area contributed by atoms with Crippen molar-refractivity contribution in [1.82, 2.24) is 9.88 Å². The van der Waals surface area contributed by atoms with Gasteiger partial charge in [0.05, 0.1) is 18.7 Å². The number of ketones is 1. The number of methoxy groups -OCH3 is 1. The van der Waals surface area contributed by atoms with Gasteiger partial charge in [-0.05, 0) is 60.2 Å². The van der Waals surface area contributed by atoms with Crippen molar-refractivity contribution in [2.24, 2.45) is 0 Å². The second kappa shape index (κ2) is 8.53. The number of ether oxygens (including phenoxy) is 1. The van der Waals surface area contributed by atoms with Gasteiger partial charge in [-0.1, -0.05) is 26.7 Å². The number of amides is 1. The molecule has 1 atom stereocenters. The molecule has 1 aromatic carbocycles. The number of aliphatic hydroxyl groups is 1. The molecule has 2 aromatic rings. The minimum absolute atomic E-state index is 0.00186. The molecule has 6 heteroatoms. The lowest BCUT2D eigenvalue weighted by molar-refractivity contribution is -0.141. The fraction of sp³-hybridized carbons (Fsp3) is 0.400. The van der Waals surface area contributed by atoms with Gasteiger partial charge in [0.15, 0.2) is 0 Å². The van der Waals surface area contributed by atoms with Crippen molar-refractivity contribution in [3.05, 3.63) is 65.0 Å². The molecule has 0 bridgehead atoms. The molecule has 0 spiro atoms. The van der Waals surface area contributed by atoms with E-state index >= 15 is 0 Å². The first kappa shape index (κ1) is 21.1. The highest BCUT2D eigenvalue weighted by Gasteiger charge is 2.49. The molecule has 2 heterocycles. The first-order valence-corrected chi connectivity index (χ1v) is 10.8. The highest BCUT2D eigenvalue weighted by Crippen LogP contribution is 2.43. The summed E-state index contributed by atoms with van der Waals surface area (Å²) in [6.07, 6.45) is 7.10. The number of likely N-dealkylation sites (tertiary alicyclic amines) is 1. The molecule has 4 rings (SSSR count). The first-order valence-electron chi connectivity index (χ1n) is 10.8. The van der Waals surface area contributed by atoms with Crippen LogP contribution in [0.15, 0.2) is 48.3 Å². The lowest BCUT2D eigenvalue weighted by Crippen LogP contribution is -2.37. The predicted molar refractivity (Wildman–Crippen MR) is 118 cm³/mol. The van der Waals surface area contributed by atoms with Gasteiger partial charge in [0.2, 0.25) is 0 Å². The summed E-state index contributed by atoms with van der Waals surface area (Å²) in [5.74, 6) is -0.422. The summed E-state index contributed by atoms with van der Waals surface area (Å²) in [7, 11) is 1.61. The third-order valence-corrected chi connectivity index (χ3v) is 6.35. The third kappa shape index (κ3) is 3.71. The maximum absolute atomic E-state index is 13.2. The Bertz CT molecular complexity index is 1020. The lowest BCUT2D eigenvalue weighted by Gasteiger charge is -2.30. The van der Waals surface area contributed by atoms with Gasteiger partial charge in [-0.15, -0.1) is 0 Å². The van der Waals surface area contributed by atoms with Gasteiger partial charge < -0.3 is 14.7 Å². The molecule has 1 amide bonds. The van der Waals surface area contributed by atoms with Crippen molar-refractivity contribution in [2.45, 2.75) is 57.5 Å². The van der Waals surface area contributed by atoms with Crippen LogP contribution in [-0.2, 0) is 9.59 Å². The van der Waals surface area contributed by atoms with Crippen molar-refractivity contribution < 1.29 is 19.4 Å².